The van der Waals surface area contributed by atoms with Gasteiger partial charge in [0.2, 0.25) is 0 Å². The molecular weight excluding hydrogens is 280 g/mol. The number of rotatable bonds is 5. The number of nitrogens with zero attached hydrogens (tertiary/aromatic N) is 2. The van der Waals surface area contributed by atoms with Crippen molar-refractivity contribution in [1.29, 1.82) is 0 Å². The predicted octanol–water partition coefficient (Wildman–Crippen LogP) is 1.65. The van der Waals surface area contributed by atoms with Crippen molar-refractivity contribution >= 4 is 28.6 Å². The highest BCUT2D eigenvalue weighted by Gasteiger charge is 2.12. The maximum Gasteiger partial charge on any atom is 0.271 e. The third-order valence-electron chi connectivity index (χ3n) is 2.55. The van der Waals surface area contributed by atoms with Gasteiger partial charge in [-0.05, 0) is 20.4 Å². The van der Waals surface area contributed by atoms with Crippen LogP contribution >= 0.6 is 22.7 Å². The van der Waals surface area contributed by atoms with E-state index in [-0.39, 0.29) is 5.91 Å². The van der Waals surface area contributed by atoms with Gasteiger partial charge in [-0.2, -0.15) is 0 Å². The zero-order chi connectivity index (χ0) is 13.8. The third kappa shape index (κ3) is 3.59. The molecule has 0 radical (unpaired) electrons. The van der Waals surface area contributed by atoms with Gasteiger partial charge in [-0.3, -0.25) is 4.79 Å². The van der Waals surface area contributed by atoms with E-state index < -0.39 is 0 Å². The molecule has 2 aromatic rings. The molecule has 0 aromatic carbocycles. The second-order valence-corrected chi connectivity index (χ2v) is 6.32. The van der Waals surface area contributed by atoms with Crippen LogP contribution in [0.25, 0.3) is 0 Å². The molecule has 3 N–H and O–H groups in total. The van der Waals surface area contributed by atoms with Gasteiger partial charge in [0, 0.05) is 16.7 Å². The molecule has 2 aromatic heterocycles. The number of carbonyl (C=O) groups excluding carboxylic acids is 1. The number of carbonyl (C=O) groups is 1. The minimum atomic E-state index is -0.148. The average Bonchev–Trinajstić information content (AvgIpc) is 2.94. The number of thiazole rings is 2. The van der Waals surface area contributed by atoms with Gasteiger partial charge in [0.25, 0.3) is 5.91 Å². The molecule has 0 aliphatic heterocycles. The molecule has 2 heterocycles. The second-order valence-electron chi connectivity index (χ2n) is 4.09. The van der Waals surface area contributed by atoms with E-state index in [1.165, 1.54) is 11.3 Å². The van der Waals surface area contributed by atoms with Crippen molar-refractivity contribution in [2.45, 2.75) is 26.8 Å². The molecule has 102 valence electrons. The van der Waals surface area contributed by atoms with Crippen molar-refractivity contribution in [2.75, 3.05) is 6.54 Å². The van der Waals surface area contributed by atoms with Crippen molar-refractivity contribution < 1.29 is 4.79 Å². The van der Waals surface area contributed by atoms with E-state index in [1.807, 2.05) is 13.8 Å². The molecule has 7 heteroatoms. The fourth-order valence-electron chi connectivity index (χ4n) is 1.64. The lowest BCUT2D eigenvalue weighted by Crippen LogP contribution is -2.23. The van der Waals surface area contributed by atoms with Crippen molar-refractivity contribution in [3.8, 4) is 0 Å². The first kappa shape index (κ1) is 14.1. The lowest BCUT2D eigenvalue weighted by molar-refractivity contribution is 0.0947. The highest BCUT2D eigenvalue weighted by Crippen LogP contribution is 2.17. The molecule has 19 heavy (non-hydrogen) atoms. The van der Waals surface area contributed by atoms with Crippen LogP contribution in [0.15, 0.2) is 5.38 Å². The maximum absolute atomic E-state index is 11.9. The van der Waals surface area contributed by atoms with Gasteiger partial charge in [-0.15, -0.1) is 22.7 Å². The topological polar surface area (TPSA) is 80.9 Å². The Morgan fingerprint density at radius 3 is 2.84 bits per heavy atom. The van der Waals surface area contributed by atoms with Crippen molar-refractivity contribution in [3.63, 3.8) is 0 Å². The smallest absolute Gasteiger partial charge is 0.271 e. The van der Waals surface area contributed by atoms with Crippen molar-refractivity contribution in [1.82, 2.24) is 15.3 Å². The van der Waals surface area contributed by atoms with Crippen LogP contribution in [0.4, 0.5) is 0 Å². The average molecular weight is 296 g/mol. The molecule has 0 aliphatic rings. The van der Waals surface area contributed by atoms with Gasteiger partial charge >= 0.3 is 0 Å². The highest BCUT2D eigenvalue weighted by molar-refractivity contribution is 7.11. The van der Waals surface area contributed by atoms with Gasteiger partial charge in [-0.1, -0.05) is 0 Å². The Hall–Kier alpha value is -1.31. The molecular formula is C12H16N4OS2. The van der Waals surface area contributed by atoms with E-state index in [1.54, 1.807) is 16.7 Å². The van der Waals surface area contributed by atoms with E-state index >= 15 is 0 Å². The van der Waals surface area contributed by atoms with Crippen LogP contribution in [0.5, 0.6) is 0 Å². The zero-order valence-corrected chi connectivity index (χ0v) is 12.5. The summed E-state index contributed by atoms with van der Waals surface area (Å²) >= 11 is 3.07. The van der Waals surface area contributed by atoms with E-state index in [9.17, 15) is 4.79 Å². The number of amides is 1. The number of nitrogens with one attached hydrogen (secondary N) is 1. The second kappa shape index (κ2) is 6.23. The van der Waals surface area contributed by atoms with Crippen LogP contribution in [0.2, 0.25) is 0 Å². The summed E-state index contributed by atoms with van der Waals surface area (Å²) in [6.07, 6.45) is 0.713. The van der Waals surface area contributed by atoms with E-state index in [4.69, 9.17) is 5.73 Å². The lowest BCUT2D eigenvalue weighted by Gasteiger charge is -2.01. The Morgan fingerprint density at radius 1 is 1.42 bits per heavy atom. The molecule has 0 fully saturated rings. The number of hydrogen-bond acceptors (Lipinski definition) is 6. The summed E-state index contributed by atoms with van der Waals surface area (Å²) < 4.78 is 0. The summed E-state index contributed by atoms with van der Waals surface area (Å²) in [6.45, 7) is 4.96. The molecule has 0 saturated heterocycles. The summed E-state index contributed by atoms with van der Waals surface area (Å²) in [5, 5.41) is 6.55. The predicted molar refractivity (Wildman–Crippen MR) is 77.6 cm³/mol. The minimum Gasteiger partial charge on any atom is -0.346 e. The molecule has 2 rings (SSSR count). The Bertz CT molecular complexity index is 576. The summed E-state index contributed by atoms with van der Waals surface area (Å²) in [4.78, 5) is 21.6. The number of aryl methyl sites for hydroxylation is 2. The zero-order valence-electron chi connectivity index (χ0n) is 10.9. The first-order valence-corrected chi connectivity index (χ1v) is 7.65. The number of hydrogen-bond donors (Lipinski definition) is 2. The molecule has 0 aliphatic carbocycles. The van der Waals surface area contributed by atoms with Crippen LogP contribution in [0, 0.1) is 13.8 Å². The molecule has 0 saturated carbocycles. The first-order valence-electron chi connectivity index (χ1n) is 5.95. The quantitative estimate of drug-likeness (QED) is 0.879. The monoisotopic (exact) mass is 296 g/mol. The summed E-state index contributed by atoms with van der Waals surface area (Å²) in [6, 6.07) is 0. The molecule has 1 amide bonds. The Labute approximate surface area is 119 Å². The summed E-state index contributed by atoms with van der Waals surface area (Å²) in [5.74, 6) is -0.148. The van der Waals surface area contributed by atoms with Crippen LogP contribution < -0.4 is 11.1 Å². The maximum atomic E-state index is 11.9. The molecule has 0 bridgehead atoms. The first-order chi connectivity index (χ1) is 9.10. The molecule has 5 nitrogen and oxygen atoms in total. The Morgan fingerprint density at radius 2 is 2.21 bits per heavy atom. The number of aromatic nitrogens is 2. The van der Waals surface area contributed by atoms with Gasteiger partial charge in [0.05, 0.1) is 22.3 Å². The summed E-state index contributed by atoms with van der Waals surface area (Å²) in [5.41, 5.74) is 6.90. The van der Waals surface area contributed by atoms with Gasteiger partial charge in [-0.25, -0.2) is 9.97 Å². The standard InChI is InChI=1S/C12H16N4OS2/c1-7-10(19-8(2)15-7)5-14-12(17)9-6-18-11(16-9)3-4-13/h6H,3-5,13H2,1-2H3,(H,14,17). The normalized spacial score (nSPS) is 10.7. The summed E-state index contributed by atoms with van der Waals surface area (Å²) in [7, 11) is 0. The molecule has 0 atom stereocenters. The van der Waals surface area contributed by atoms with Crippen molar-refractivity contribution in [3.05, 3.63) is 31.7 Å². The molecule has 0 unspecified atom stereocenters. The Balaban J connectivity index is 1.95. The Kier molecular flexibility index (Phi) is 4.62. The van der Waals surface area contributed by atoms with Crippen LogP contribution in [-0.2, 0) is 13.0 Å². The van der Waals surface area contributed by atoms with Gasteiger partial charge in [0.1, 0.15) is 5.69 Å². The van der Waals surface area contributed by atoms with Crippen LogP contribution in [0.1, 0.15) is 31.1 Å². The van der Waals surface area contributed by atoms with Gasteiger partial charge in [0.15, 0.2) is 0 Å². The highest BCUT2D eigenvalue weighted by atomic mass is 32.1. The van der Waals surface area contributed by atoms with Gasteiger partial charge < -0.3 is 11.1 Å². The lowest BCUT2D eigenvalue weighted by atomic mass is 10.3. The fourth-order valence-corrected chi connectivity index (χ4v) is 3.31. The van der Waals surface area contributed by atoms with E-state index in [2.05, 4.69) is 15.3 Å². The number of nitrogens with two attached hydrogens (primary N) is 1. The third-order valence-corrected chi connectivity index (χ3v) is 4.53. The fraction of sp³-hybridized carbons (Fsp3) is 0.417. The van der Waals surface area contributed by atoms with E-state index in [0.29, 0.717) is 25.2 Å². The molecule has 0 spiro atoms. The van der Waals surface area contributed by atoms with E-state index in [0.717, 1.165) is 20.6 Å². The largest absolute Gasteiger partial charge is 0.346 e. The van der Waals surface area contributed by atoms with Crippen LogP contribution in [-0.4, -0.2) is 22.4 Å². The minimum absolute atomic E-state index is 0.148. The van der Waals surface area contributed by atoms with Crippen molar-refractivity contribution in [2.24, 2.45) is 5.73 Å². The SMILES string of the molecule is Cc1nc(C)c(CNC(=O)c2csc(CCN)n2)s1. The van der Waals surface area contributed by atoms with Crippen LogP contribution in [0.3, 0.4) is 0 Å².